The van der Waals surface area contributed by atoms with E-state index in [2.05, 4.69) is 16.0 Å². The molecule has 0 unspecified atom stereocenters. The standard InChI is InChI=1S/C33H63FN8O14/c34-14(8-35)21(44)29(49)42-17-7-16(38)26(54-30-15(37)2-1-13(51-30)10-41-12-33(50)3-5-40-6-4-33)28(22(17)45)56-32-25(48)27(19(11-43)53-32)55-31-20(39)24(47)23(46)18(9-36)52-31/h13-28,30-32,40-41,43-48,50H,1-12,35-39H2,(H,42,49)/t13-,14+,15+,16-,17+,18-,19+,20+,21-,22-,23+,24+,25+,26+,27+,28+,30+,31+,32-/m0/s1. The zero-order valence-corrected chi connectivity index (χ0v) is 31.2. The fraction of sp³-hybridized carbons (Fsp3) is 0.970. The number of carbonyl (C=O) groups is 1. The minimum Gasteiger partial charge on any atom is -0.394 e. The van der Waals surface area contributed by atoms with Gasteiger partial charge in [0.2, 0.25) is 0 Å². The molecule has 56 heavy (non-hydrogen) atoms. The van der Waals surface area contributed by atoms with Crippen LogP contribution in [-0.4, -0.2) is 209 Å². The van der Waals surface area contributed by atoms with Crippen LogP contribution in [0.15, 0.2) is 0 Å². The highest BCUT2D eigenvalue weighted by Gasteiger charge is 2.54. The topological polar surface area (TPSA) is 380 Å². The number of halogens is 1. The molecule has 1 amide bonds. The lowest BCUT2D eigenvalue weighted by Crippen LogP contribution is -2.67. The van der Waals surface area contributed by atoms with Crippen molar-refractivity contribution in [3.05, 3.63) is 0 Å². The summed E-state index contributed by atoms with van der Waals surface area (Å²) in [6, 6.07) is -4.22. The van der Waals surface area contributed by atoms with Crippen molar-refractivity contribution in [1.82, 2.24) is 16.0 Å². The third kappa shape index (κ3) is 10.7. The number of hydrogen-bond donors (Lipinski definition) is 15. The van der Waals surface area contributed by atoms with Crippen LogP contribution < -0.4 is 44.6 Å². The molecule has 1 saturated carbocycles. The second kappa shape index (κ2) is 20.2. The third-order valence-electron chi connectivity index (χ3n) is 11.4. The predicted octanol–water partition coefficient (Wildman–Crippen LogP) is -8.28. The summed E-state index contributed by atoms with van der Waals surface area (Å²) < 4.78 is 50.2. The van der Waals surface area contributed by atoms with Crippen LogP contribution in [0.2, 0.25) is 0 Å². The summed E-state index contributed by atoms with van der Waals surface area (Å²) >= 11 is 0. The lowest BCUT2D eigenvalue weighted by molar-refractivity contribution is -0.290. The van der Waals surface area contributed by atoms with Crippen LogP contribution in [0.1, 0.15) is 32.1 Å². The molecule has 19 atom stereocenters. The molecular formula is C33H63FN8O14. The number of amides is 1. The van der Waals surface area contributed by atoms with Crippen molar-refractivity contribution in [3.63, 3.8) is 0 Å². The molecule has 1 aliphatic carbocycles. The summed E-state index contributed by atoms with van der Waals surface area (Å²) in [5.74, 6) is -1.17. The molecule has 4 heterocycles. The van der Waals surface area contributed by atoms with Crippen LogP contribution in [0.3, 0.4) is 0 Å². The Balaban J connectivity index is 1.31. The van der Waals surface area contributed by atoms with E-state index in [1.807, 2.05) is 0 Å². The third-order valence-corrected chi connectivity index (χ3v) is 11.4. The Bertz CT molecular complexity index is 1240. The number of nitrogens with one attached hydrogen (secondary N) is 3. The molecule has 20 N–H and O–H groups in total. The second-order valence-electron chi connectivity index (χ2n) is 15.5. The maximum atomic E-state index is 14.1. The van der Waals surface area contributed by atoms with Gasteiger partial charge in [-0.2, -0.15) is 0 Å². The molecule has 326 valence electrons. The number of aliphatic hydroxyl groups is 7. The molecule has 5 aliphatic rings. The van der Waals surface area contributed by atoms with E-state index in [-0.39, 0.29) is 19.1 Å². The molecule has 0 aromatic heterocycles. The van der Waals surface area contributed by atoms with Gasteiger partial charge in [-0.05, 0) is 45.2 Å². The van der Waals surface area contributed by atoms with Crippen LogP contribution in [0.25, 0.3) is 0 Å². The second-order valence-corrected chi connectivity index (χ2v) is 15.5. The van der Waals surface area contributed by atoms with E-state index < -0.39 is 135 Å². The van der Waals surface area contributed by atoms with Crippen LogP contribution in [0.4, 0.5) is 4.39 Å². The van der Waals surface area contributed by atoms with E-state index in [9.17, 15) is 44.9 Å². The maximum absolute atomic E-state index is 14.1. The summed E-state index contributed by atoms with van der Waals surface area (Å²) in [6.07, 6.45) is -19.5. The van der Waals surface area contributed by atoms with Gasteiger partial charge in [0.25, 0.3) is 5.91 Å². The Morgan fingerprint density at radius 1 is 0.857 bits per heavy atom. The fourth-order valence-corrected chi connectivity index (χ4v) is 7.83. The molecule has 4 aliphatic heterocycles. The quantitative estimate of drug-likeness (QED) is 0.0688. The number of ether oxygens (including phenoxy) is 6. The molecule has 22 nitrogen and oxygen atoms in total. The minimum atomic E-state index is -2.15. The number of carbonyl (C=O) groups excluding carboxylic acids is 1. The number of hydrogen-bond acceptors (Lipinski definition) is 21. The maximum Gasteiger partial charge on any atom is 0.252 e. The Labute approximate surface area is 323 Å². The van der Waals surface area contributed by atoms with E-state index in [1.54, 1.807) is 0 Å². The number of alkyl halides is 1. The van der Waals surface area contributed by atoms with Crippen LogP contribution in [0.5, 0.6) is 0 Å². The van der Waals surface area contributed by atoms with Crippen LogP contribution in [-0.2, 0) is 33.2 Å². The van der Waals surface area contributed by atoms with Gasteiger partial charge in [-0.25, -0.2) is 4.39 Å². The molecule has 5 rings (SSSR count). The van der Waals surface area contributed by atoms with Gasteiger partial charge >= 0.3 is 0 Å². The fourth-order valence-electron chi connectivity index (χ4n) is 7.83. The zero-order valence-electron chi connectivity index (χ0n) is 31.2. The normalized spacial score (nSPS) is 44.3. The SMILES string of the molecule is NC[C@@H](F)[C@H](O)C(=O)N[C@@H]1C[C@H](N)[C@@H](O[C@H]2O[C@H](CNCC3(O)CCNCC3)CC[C@H]2N)[C@H](O[C@@H]2O[C@H](CO)[C@@H](O[C@H]3O[C@@H](CN)[C@@H](O)[C@H](O)[C@H]3N)[C@H]2O)[C@H]1O. The summed E-state index contributed by atoms with van der Waals surface area (Å²) in [5.41, 5.74) is 29.2. The highest BCUT2D eigenvalue weighted by molar-refractivity contribution is 5.81. The van der Waals surface area contributed by atoms with Crippen molar-refractivity contribution in [1.29, 1.82) is 0 Å². The number of piperidine rings is 1. The summed E-state index contributed by atoms with van der Waals surface area (Å²) in [6.45, 7) is 0.589. The molecular weight excluding hydrogens is 751 g/mol. The van der Waals surface area contributed by atoms with Crippen molar-refractivity contribution in [3.8, 4) is 0 Å². The van der Waals surface area contributed by atoms with Gasteiger partial charge < -0.3 is 109 Å². The van der Waals surface area contributed by atoms with E-state index in [4.69, 9.17) is 57.1 Å². The smallest absolute Gasteiger partial charge is 0.252 e. The molecule has 23 heteroatoms. The first kappa shape index (κ1) is 45.7. The zero-order chi connectivity index (χ0) is 40.9. The van der Waals surface area contributed by atoms with Gasteiger partial charge in [0.1, 0.15) is 61.1 Å². The first-order chi connectivity index (χ1) is 26.6. The molecule has 4 saturated heterocycles. The van der Waals surface area contributed by atoms with Crippen molar-refractivity contribution in [2.45, 2.75) is 154 Å². The summed E-state index contributed by atoms with van der Waals surface area (Å²) in [4.78, 5) is 12.8. The molecule has 0 radical (unpaired) electrons. The highest BCUT2D eigenvalue weighted by Crippen LogP contribution is 2.35. The summed E-state index contributed by atoms with van der Waals surface area (Å²) in [5, 5.41) is 83.9. The van der Waals surface area contributed by atoms with Gasteiger partial charge in [0.15, 0.2) is 25.0 Å². The van der Waals surface area contributed by atoms with E-state index in [1.165, 1.54) is 0 Å². The predicted molar refractivity (Wildman–Crippen MR) is 190 cm³/mol. The molecule has 0 aromatic carbocycles. The average molecular weight is 815 g/mol. The Morgan fingerprint density at radius 3 is 2.18 bits per heavy atom. The average Bonchev–Trinajstić information content (AvgIpc) is 3.48. The van der Waals surface area contributed by atoms with Gasteiger partial charge in [-0.15, -0.1) is 0 Å². The Hall–Kier alpha value is -1.40. The number of aliphatic hydroxyl groups excluding tert-OH is 6. The van der Waals surface area contributed by atoms with Crippen molar-refractivity contribution >= 4 is 5.91 Å². The first-order valence-electron chi connectivity index (χ1n) is 19.3. The number of nitrogens with two attached hydrogens (primary N) is 5. The van der Waals surface area contributed by atoms with E-state index >= 15 is 0 Å². The van der Waals surface area contributed by atoms with E-state index in [0.29, 0.717) is 51.9 Å². The molecule has 0 bridgehead atoms. The summed E-state index contributed by atoms with van der Waals surface area (Å²) in [7, 11) is 0. The van der Waals surface area contributed by atoms with Gasteiger partial charge in [-0.1, -0.05) is 0 Å². The monoisotopic (exact) mass is 814 g/mol. The largest absolute Gasteiger partial charge is 0.394 e. The van der Waals surface area contributed by atoms with Gasteiger partial charge in [0.05, 0.1) is 36.4 Å². The molecule has 0 spiro atoms. The number of rotatable bonds is 16. The van der Waals surface area contributed by atoms with Crippen molar-refractivity contribution < 1.29 is 73.4 Å². The van der Waals surface area contributed by atoms with Crippen LogP contribution >= 0.6 is 0 Å². The van der Waals surface area contributed by atoms with Crippen LogP contribution in [0, 0.1) is 0 Å². The highest BCUT2D eigenvalue weighted by atomic mass is 19.1. The first-order valence-corrected chi connectivity index (χ1v) is 19.3. The molecule has 0 aromatic rings. The Kier molecular flexibility index (Phi) is 16.5. The van der Waals surface area contributed by atoms with Crippen molar-refractivity contribution in [2.75, 3.05) is 45.9 Å². The van der Waals surface area contributed by atoms with Gasteiger partial charge in [0, 0.05) is 32.2 Å². The van der Waals surface area contributed by atoms with Gasteiger partial charge in [-0.3, -0.25) is 4.79 Å². The molecule has 5 fully saturated rings. The lowest BCUT2D eigenvalue weighted by atomic mass is 9.83. The van der Waals surface area contributed by atoms with E-state index in [0.717, 1.165) is 0 Å². The Morgan fingerprint density at radius 2 is 1.52 bits per heavy atom. The lowest BCUT2D eigenvalue weighted by Gasteiger charge is -2.47. The minimum absolute atomic E-state index is 0.156. The van der Waals surface area contributed by atoms with Crippen molar-refractivity contribution in [2.24, 2.45) is 28.7 Å².